The Balaban J connectivity index is 1.72. The minimum absolute atomic E-state index is 0.193. The van der Waals surface area contributed by atoms with Crippen molar-refractivity contribution in [3.63, 3.8) is 0 Å². The number of methoxy groups -OCH3 is 1. The molecule has 2 aliphatic rings. The summed E-state index contributed by atoms with van der Waals surface area (Å²) in [7, 11) is -1.84. The summed E-state index contributed by atoms with van der Waals surface area (Å²) >= 11 is 0. The minimum Gasteiger partial charge on any atom is -0.497 e. The molecule has 0 spiro atoms. The molecule has 2 unspecified atom stereocenters. The molecular formula is C22H25NO3S. The van der Waals surface area contributed by atoms with E-state index in [1.807, 2.05) is 31.2 Å². The second-order valence-corrected chi connectivity index (χ2v) is 9.54. The molecule has 142 valence electrons. The second kappa shape index (κ2) is 6.80. The lowest BCUT2D eigenvalue weighted by atomic mass is 9.67. The molecule has 4 nitrogen and oxygen atoms in total. The number of rotatable bonds is 4. The molecule has 2 aromatic rings. The van der Waals surface area contributed by atoms with Crippen LogP contribution in [0.1, 0.15) is 24.0 Å². The molecule has 1 heterocycles. The zero-order valence-electron chi connectivity index (χ0n) is 15.8. The van der Waals surface area contributed by atoms with Crippen LogP contribution < -0.4 is 4.74 Å². The predicted octanol–water partition coefficient (Wildman–Crippen LogP) is 3.91. The quantitative estimate of drug-likeness (QED) is 0.752. The fraction of sp³-hybridized carbons (Fsp3) is 0.364. The topological polar surface area (TPSA) is 46.6 Å². The van der Waals surface area contributed by atoms with E-state index in [-0.39, 0.29) is 11.3 Å². The van der Waals surface area contributed by atoms with E-state index < -0.39 is 10.0 Å². The standard InChI is InChI=1S/C22H25NO3S/c1-17-9-11-21(12-10-17)27(24,25)23-15-19-6-3-4-13-22(19,16-23)18-7-5-8-20(14-18)26-2/h3-5,7-12,14,19H,6,13,15-16H2,1-2H3. The summed E-state index contributed by atoms with van der Waals surface area (Å²) in [6.45, 7) is 3.02. The van der Waals surface area contributed by atoms with Gasteiger partial charge in [-0.15, -0.1) is 0 Å². The highest BCUT2D eigenvalue weighted by Gasteiger charge is 2.51. The van der Waals surface area contributed by atoms with E-state index in [4.69, 9.17) is 4.74 Å². The molecule has 1 aliphatic heterocycles. The molecule has 2 aromatic carbocycles. The normalized spacial score (nSPS) is 25.3. The molecule has 0 radical (unpaired) electrons. The Bertz CT molecular complexity index is 965. The van der Waals surface area contributed by atoms with Crippen molar-refractivity contribution in [3.8, 4) is 5.75 Å². The molecule has 1 aliphatic carbocycles. The van der Waals surface area contributed by atoms with E-state index >= 15 is 0 Å². The molecule has 0 bridgehead atoms. The smallest absolute Gasteiger partial charge is 0.243 e. The number of hydrogen-bond acceptors (Lipinski definition) is 3. The lowest BCUT2D eigenvalue weighted by Crippen LogP contribution is -2.37. The van der Waals surface area contributed by atoms with Crippen molar-refractivity contribution < 1.29 is 13.2 Å². The molecule has 2 atom stereocenters. The summed E-state index contributed by atoms with van der Waals surface area (Å²) in [6, 6.07) is 15.2. The fourth-order valence-electron chi connectivity index (χ4n) is 4.43. The van der Waals surface area contributed by atoms with Gasteiger partial charge >= 0.3 is 0 Å². The number of fused-ring (bicyclic) bond motifs is 1. The van der Waals surface area contributed by atoms with Gasteiger partial charge in [-0.2, -0.15) is 4.31 Å². The molecule has 1 fully saturated rings. The number of hydrogen-bond donors (Lipinski definition) is 0. The zero-order valence-corrected chi connectivity index (χ0v) is 16.6. The van der Waals surface area contributed by atoms with E-state index in [1.54, 1.807) is 23.5 Å². The molecule has 0 N–H and O–H groups in total. The third kappa shape index (κ3) is 3.09. The van der Waals surface area contributed by atoms with Crippen LogP contribution >= 0.6 is 0 Å². The summed E-state index contributed by atoms with van der Waals surface area (Å²) in [5, 5.41) is 0. The fourth-order valence-corrected chi connectivity index (χ4v) is 5.99. The van der Waals surface area contributed by atoms with Crippen molar-refractivity contribution in [2.75, 3.05) is 20.2 Å². The number of ether oxygens (including phenoxy) is 1. The second-order valence-electron chi connectivity index (χ2n) is 7.61. The molecule has 0 saturated carbocycles. The molecule has 0 amide bonds. The van der Waals surface area contributed by atoms with Crippen molar-refractivity contribution in [2.24, 2.45) is 5.92 Å². The SMILES string of the molecule is COc1cccc(C23CC=CCC2CN(S(=O)(=O)c2ccc(C)cc2)C3)c1. The number of sulfonamides is 1. The van der Waals surface area contributed by atoms with E-state index in [2.05, 4.69) is 24.3 Å². The molecule has 0 aromatic heterocycles. The largest absolute Gasteiger partial charge is 0.497 e. The van der Waals surface area contributed by atoms with E-state index in [0.29, 0.717) is 18.0 Å². The van der Waals surface area contributed by atoms with E-state index in [1.165, 1.54) is 0 Å². The summed E-state index contributed by atoms with van der Waals surface area (Å²) in [4.78, 5) is 0.375. The maximum Gasteiger partial charge on any atom is 0.243 e. The van der Waals surface area contributed by atoms with E-state index in [9.17, 15) is 8.42 Å². The summed E-state index contributed by atoms with van der Waals surface area (Å²) in [6.07, 6.45) is 6.13. The van der Waals surface area contributed by atoms with Gasteiger partial charge in [-0.3, -0.25) is 0 Å². The number of aryl methyl sites for hydroxylation is 1. The van der Waals surface area contributed by atoms with Gasteiger partial charge < -0.3 is 4.74 Å². The van der Waals surface area contributed by atoms with Crippen LogP contribution in [0.25, 0.3) is 0 Å². The van der Waals surface area contributed by atoms with Crippen LogP contribution in [0.3, 0.4) is 0 Å². The number of allylic oxidation sites excluding steroid dienone is 2. The Morgan fingerprint density at radius 1 is 1.11 bits per heavy atom. The molecular weight excluding hydrogens is 358 g/mol. The van der Waals surface area contributed by atoms with Crippen LogP contribution in [0, 0.1) is 12.8 Å². The Kier molecular flexibility index (Phi) is 4.60. The first-order valence-electron chi connectivity index (χ1n) is 9.32. The third-order valence-electron chi connectivity index (χ3n) is 6.04. The van der Waals surface area contributed by atoms with Crippen molar-refractivity contribution >= 4 is 10.0 Å². The van der Waals surface area contributed by atoms with E-state index in [0.717, 1.165) is 29.7 Å². The van der Waals surface area contributed by atoms with Crippen LogP contribution in [-0.2, 0) is 15.4 Å². The highest BCUT2D eigenvalue weighted by Crippen LogP contribution is 2.48. The van der Waals surface area contributed by atoms with Crippen LogP contribution in [0.5, 0.6) is 5.75 Å². The van der Waals surface area contributed by atoms with Gasteiger partial charge in [0.15, 0.2) is 0 Å². The number of nitrogens with zero attached hydrogens (tertiary/aromatic N) is 1. The first-order valence-corrected chi connectivity index (χ1v) is 10.8. The first-order chi connectivity index (χ1) is 13.0. The monoisotopic (exact) mass is 383 g/mol. The Labute approximate surface area is 161 Å². The van der Waals surface area contributed by atoms with Crippen LogP contribution in [0.2, 0.25) is 0 Å². The summed E-state index contributed by atoms with van der Waals surface area (Å²) in [5.41, 5.74) is 2.03. The van der Waals surface area contributed by atoms with Crippen molar-refractivity contribution in [2.45, 2.75) is 30.1 Å². The summed E-state index contributed by atoms with van der Waals surface area (Å²) in [5.74, 6) is 1.09. The third-order valence-corrected chi connectivity index (χ3v) is 7.86. The summed E-state index contributed by atoms with van der Waals surface area (Å²) < 4.78 is 33.6. The molecule has 4 rings (SSSR count). The number of benzene rings is 2. The van der Waals surface area contributed by atoms with Gasteiger partial charge in [-0.25, -0.2) is 8.42 Å². The molecule has 1 saturated heterocycles. The maximum atomic E-state index is 13.3. The molecule has 27 heavy (non-hydrogen) atoms. The average Bonchev–Trinajstić information content (AvgIpc) is 3.10. The van der Waals surface area contributed by atoms with Crippen molar-refractivity contribution in [1.82, 2.24) is 4.31 Å². The van der Waals surface area contributed by atoms with Gasteiger partial charge in [0, 0.05) is 18.5 Å². The van der Waals surface area contributed by atoms with Crippen molar-refractivity contribution in [3.05, 3.63) is 71.8 Å². The lowest BCUT2D eigenvalue weighted by Gasteiger charge is -2.36. The Morgan fingerprint density at radius 2 is 1.89 bits per heavy atom. The van der Waals surface area contributed by atoms with Gasteiger partial charge in [0.25, 0.3) is 0 Å². The van der Waals surface area contributed by atoms with Gasteiger partial charge in [-0.05, 0) is 55.5 Å². The van der Waals surface area contributed by atoms with Gasteiger partial charge in [-0.1, -0.05) is 42.0 Å². The van der Waals surface area contributed by atoms with Crippen LogP contribution in [0.4, 0.5) is 0 Å². The van der Waals surface area contributed by atoms with Gasteiger partial charge in [0.05, 0.1) is 12.0 Å². The van der Waals surface area contributed by atoms with Gasteiger partial charge in [0.2, 0.25) is 10.0 Å². The predicted molar refractivity (Wildman–Crippen MR) is 106 cm³/mol. The lowest BCUT2D eigenvalue weighted by molar-refractivity contribution is 0.329. The maximum absolute atomic E-state index is 13.3. The van der Waals surface area contributed by atoms with Crippen molar-refractivity contribution in [1.29, 1.82) is 0 Å². The Hall–Kier alpha value is -2.11. The zero-order chi connectivity index (χ0) is 19.1. The first kappa shape index (κ1) is 18.3. The highest BCUT2D eigenvalue weighted by atomic mass is 32.2. The average molecular weight is 384 g/mol. The molecule has 5 heteroatoms. The minimum atomic E-state index is -3.50. The van der Waals surface area contributed by atoms with Crippen LogP contribution in [-0.4, -0.2) is 32.9 Å². The van der Waals surface area contributed by atoms with Gasteiger partial charge in [0.1, 0.15) is 5.75 Å². The Morgan fingerprint density at radius 3 is 2.63 bits per heavy atom. The highest BCUT2D eigenvalue weighted by molar-refractivity contribution is 7.89. The van der Waals surface area contributed by atoms with Crippen LogP contribution in [0.15, 0.2) is 65.6 Å².